The van der Waals surface area contributed by atoms with Crippen LogP contribution in [0.25, 0.3) is 0 Å². The lowest BCUT2D eigenvalue weighted by Crippen LogP contribution is -2.48. The van der Waals surface area contributed by atoms with Crippen molar-refractivity contribution in [2.45, 2.75) is 38.3 Å². The van der Waals surface area contributed by atoms with Crippen LogP contribution in [0.4, 0.5) is 0 Å². The van der Waals surface area contributed by atoms with Crippen molar-refractivity contribution in [3.05, 3.63) is 0 Å². The van der Waals surface area contributed by atoms with Gasteiger partial charge in [0.15, 0.2) is 0 Å². The van der Waals surface area contributed by atoms with E-state index in [-0.39, 0.29) is 5.41 Å². The van der Waals surface area contributed by atoms with Gasteiger partial charge >= 0.3 is 0 Å². The summed E-state index contributed by atoms with van der Waals surface area (Å²) in [5.41, 5.74) is 0.0322. The summed E-state index contributed by atoms with van der Waals surface area (Å²) in [6.45, 7) is 4.08. The van der Waals surface area contributed by atoms with E-state index in [2.05, 4.69) is 17.1 Å². The molecule has 2 atom stereocenters. The Morgan fingerprint density at radius 1 is 1.54 bits per heavy atom. The van der Waals surface area contributed by atoms with Gasteiger partial charge in [-0.05, 0) is 19.3 Å². The third kappa shape index (κ3) is 1.03. The molecule has 3 aliphatic rings. The van der Waals surface area contributed by atoms with Crippen LogP contribution in [0, 0.1) is 5.41 Å². The number of nitrogens with one attached hydrogen (secondary N) is 1. The van der Waals surface area contributed by atoms with Crippen molar-refractivity contribution in [1.29, 1.82) is 0 Å². The third-order valence-corrected chi connectivity index (χ3v) is 3.83. The van der Waals surface area contributed by atoms with E-state index in [1.54, 1.807) is 0 Å². The van der Waals surface area contributed by atoms with Crippen molar-refractivity contribution in [3.63, 3.8) is 0 Å². The number of nitrogens with zero attached hydrogens (tertiary/aromatic N) is 1. The molecule has 3 fully saturated rings. The van der Waals surface area contributed by atoms with Gasteiger partial charge in [-0.3, -0.25) is 4.79 Å². The molecule has 1 saturated carbocycles. The molecule has 13 heavy (non-hydrogen) atoms. The predicted octanol–water partition coefficient (Wildman–Crippen LogP) is 0.359. The van der Waals surface area contributed by atoms with E-state index < -0.39 is 0 Å². The lowest BCUT2D eigenvalue weighted by Gasteiger charge is -2.29. The van der Waals surface area contributed by atoms with Gasteiger partial charge in [-0.1, -0.05) is 6.92 Å². The zero-order chi connectivity index (χ0) is 9.05. The Morgan fingerprint density at radius 2 is 2.31 bits per heavy atom. The quantitative estimate of drug-likeness (QED) is 0.632. The Balaban J connectivity index is 1.76. The van der Waals surface area contributed by atoms with Crippen LogP contribution >= 0.6 is 0 Å². The fourth-order valence-corrected chi connectivity index (χ4v) is 2.56. The highest BCUT2D eigenvalue weighted by Gasteiger charge is 2.51. The van der Waals surface area contributed by atoms with Gasteiger partial charge in [0.05, 0.1) is 0 Å². The Labute approximate surface area is 78.5 Å². The largest absolute Gasteiger partial charge is 0.336 e. The van der Waals surface area contributed by atoms with Crippen LogP contribution < -0.4 is 5.32 Å². The number of hydrogen-bond donors (Lipinski definition) is 1. The lowest BCUT2D eigenvalue weighted by molar-refractivity contribution is -0.137. The molecule has 0 aromatic rings. The molecule has 0 aromatic heterocycles. The zero-order valence-corrected chi connectivity index (χ0v) is 8.05. The van der Waals surface area contributed by atoms with Crippen LogP contribution in [0.15, 0.2) is 0 Å². The number of carbonyl (C=O) groups is 1. The SMILES string of the molecule is CC1(C(=O)N2CC3CC2CN3)CC1. The van der Waals surface area contributed by atoms with Crippen molar-refractivity contribution < 1.29 is 4.79 Å². The van der Waals surface area contributed by atoms with Crippen LogP contribution in [0.5, 0.6) is 0 Å². The maximum Gasteiger partial charge on any atom is 0.228 e. The molecule has 72 valence electrons. The van der Waals surface area contributed by atoms with E-state index in [0.717, 1.165) is 25.9 Å². The van der Waals surface area contributed by atoms with Gasteiger partial charge < -0.3 is 10.2 Å². The number of carbonyl (C=O) groups excluding carboxylic acids is 1. The summed E-state index contributed by atoms with van der Waals surface area (Å²) >= 11 is 0. The van der Waals surface area contributed by atoms with Crippen molar-refractivity contribution in [1.82, 2.24) is 10.2 Å². The molecular formula is C10H16N2O. The van der Waals surface area contributed by atoms with Gasteiger partial charge in [0.2, 0.25) is 5.91 Å². The van der Waals surface area contributed by atoms with E-state index in [4.69, 9.17) is 0 Å². The summed E-state index contributed by atoms with van der Waals surface area (Å²) in [6, 6.07) is 1.10. The fraction of sp³-hybridized carbons (Fsp3) is 0.900. The number of amides is 1. The first-order valence-electron chi connectivity index (χ1n) is 5.23. The summed E-state index contributed by atoms with van der Waals surface area (Å²) in [5, 5.41) is 3.42. The molecule has 1 amide bonds. The van der Waals surface area contributed by atoms with Crippen molar-refractivity contribution in [3.8, 4) is 0 Å². The molecule has 1 N–H and O–H groups in total. The molecule has 3 nitrogen and oxygen atoms in total. The van der Waals surface area contributed by atoms with Gasteiger partial charge in [0.25, 0.3) is 0 Å². The maximum atomic E-state index is 12.0. The molecule has 3 heteroatoms. The average molecular weight is 180 g/mol. The highest BCUT2D eigenvalue weighted by molar-refractivity contribution is 5.85. The number of hydrogen-bond acceptors (Lipinski definition) is 2. The smallest absolute Gasteiger partial charge is 0.228 e. The third-order valence-electron chi connectivity index (χ3n) is 3.83. The normalized spacial score (nSPS) is 39.6. The maximum absolute atomic E-state index is 12.0. The van der Waals surface area contributed by atoms with E-state index in [1.165, 1.54) is 6.42 Å². The Bertz CT molecular complexity index is 260. The summed E-state index contributed by atoms with van der Waals surface area (Å²) in [7, 11) is 0. The van der Waals surface area contributed by atoms with Crippen molar-refractivity contribution in [2.24, 2.45) is 5.41 Å². The molecule has 2 heterocycles. The zero-order valence-electron chi connectivity index (χ0n) is 8.05. The first-order chi connectivity index (χ1) is 6.19. The first-order valence-corrected chi connectivity index (χ1v) is 5.23. The Hall–Kier alpha value is -0.570. The minimum absolute atomic E-state index is 0.0322. The van der Waals surface area contributed by atoms with Gasteiger partial charge in [0.1, 0.15) is 0 Å². The molecule has 2 bridgehead atoms. The molecule has 3 rings (SSSR count). The second-order valence-corrected chi connectivity index (χ2v) is 5.01. The Kier molecular flexibility index (Phi) is 1.36. The summed E-state index contributed by atoms with van der Waals surface area (Å²) in [6.07, 6.45) is 3.39. The monoisotopic (exact) mass is 180 g/mol. The van der Waals surface area contributed by atoms with Crippen LogP contribution in [0.2, 0.25) is 0 Å². The van der Waals surface area contributed by atoms with Gasteiger partial charge in [-0.25, -0.2) is 0 Å². The molecule has 0 radical (unpaired) electrons. The molecule has 2 aliphatic heterocycles. The predicted molar refractivity (Wildman–Crippen MR) is 49.2 cm³/mol. The standard InChI is InChI=1S/C10H16N2O/c1-10(2-3-10)9(13)12-6-7-4-8(12)5-11-7/h7-8,11H,2-6H2,1H3. The fourth-order valence-electron chi connectivity index (χ4n) is 2.56. The highest BCUT2D eigenvalue weighted by atomic mass is 16.2. The molecule has 0 aromatic carbocycles. The molecular weight excluding hydrogens is 164 g/mol. The summed E-state index contributed by atoms with van der Waals surface area (Å²) in [4.78, 5) is 14.1. The van der Waals surface area contributed by atoms with Crippen LogP contribution in [0.3, 0.4) is 0 Å². The van der Waals surface area contributed by atoms with Crippen molar-refractivity contribution >= 4 is 5.91 Å². The lowest BCUT2D eigenvalue weighted by atomic mass is 10.1. The van der Waals surface area contributed by atoms with E-state index in [9.17, 15) is 4.79 Å². The summed E-state index contributed by atoms with van der Waals surface area (Å²) < 4.78 is 0. The van der Waals surface area contributed by atoms with E-state index >= 15 is 0 Å². The van der Waals surface area contributed by atoms with Gasteiger partial charge in [-0.15, -0.1) is 0 Å². The minimum atomic E-state index is 0.0322. The van der Waals surface area contributed by atoms with Crippen LogP contribution in [-0.2, 0) is 4.79 Å². The Morgan fingerprint density at radius 3 is 2.77 bits per heavy atom. The molecule has 0 spiro atoms. The second-order valence-electron chi connectivity index (χ2n) is 5.01. The number of piperazine rings is 1. The average Bonchev–Trinajstić information content (AvgIpc) is 2.65. The minimum Gasteiger partial charge on any atom is -0.336 e. The molecule has 1 aliphatic carbocycles. The van der Waals surface area contributed by atoms with Crippen LogP contribution in [-0.4, -0.2) is 36.0 Å². The van der Waals surface area contributed by atoms with Crippen LogP contribution in [0.1, 0.15) is 26.2 Å². The molecule has 2 saturated heterocycles. The topological polar surface area (TPSA) is 32.3 Å². The number of likely N-dealkylation sites (tertiary alicyclic amines) is 1. The van der Waals surface area contributed by atoms with Gasteiger partial charge in [0, 0.05) is 30.6 Å². The molecule has 2 unspecified atom stereocenters. The second kappa shape index (κ2) is 2.27. The highest BCUT2D eigenvalue weighted by Crippen LogP contribution is 2.47. The summed E-state index contributed by atoms with van der Waals surface area (Å²) in [5.74, 6) is 0.418. The van der Waals surface area contributed by atoms with E-state index in [1.807, 2.05) is 0 Å². The first kappa shape index (κ1) is 7.80. The number of fused-ring (bicyclic) bond motifs is 2. The number of rotatable bonds is 1. The van der Waals surface area contributed by atoms with Gasteiger partial charge in [-0.2, -0.15) is 0 Å². The van der Waals surface area contributed by atoms with Crippen molar-refractivity contribution in [2.75, 3.05) is 13.1 Å². The van der Waals surface area contributed by atoms with E-state index in [0.29, 0.717) is 18.0 Å².